The summed E-state index contributed by atoms with van der Waals surface area (Å²) in [5, 5.41) is 0.963. The van der Waals surface area contributed by atoms with Gasteiger partial charge in [-0.15, -0.1) is 0 Å². The van der Waals surface area contributed by atoms with E-state index in [1.165, 1.54) is 6.92 Å². The number of ether oxygens (including phenoxy) is 1. The fourth-order valence-corrected chi connectivity index (χ4v) is 1.80. The number of rotatable bonds is 1. The fourth-order valence-electron chi connectivity index (χ4n) is 1.53. The molecule has 4 heteroatoms. The molecule has 1 aromatic heterocycles. The third-order valence-electron chi connectivity index (χ3n) is 2.18. The van der Waals surface area contributed by atoms with Crippen molar-refractivity contribution in [1.82, 2.24) is 0 Å². The summed E-state index contributed by atoms with van der Waals surface area (Å²) in [4.78, 5) is 10.8. The minimum Gasteiger partial charge on any atom is -0.445 e. The molecule has 0 aliphatic rings. The van der Waals surface area contributed by atoms with Crippen LogP contribution in [0.5, 0.6) is 5.75 Å². The molecule has 1 heterocycles. The van der Waals surface area contributed by atoms with Crippen LogP contribution in [-0.4, -0.2) is 5.97 Å². The van der Waals surface area contributed by atoms with Gasteiger partial charge in [-0.05, 0) is 42.9 Å². The van der Waals surface area contributed by atoms with Gasteiger partial charge in [0.1, 0.15) is 11.3 Å². The molecule has 1 aromatic carbocycles. The molecule has 0 saturated carbocycles. The zero-order valence-electron chi connectivity index (χ0n) is 8.94. The summed E-state index contributed by atoms with van der Waals surface area (Å²) in [5.41, 5.74) is 1.67. The number of carbonyl (C=O) groups is 1. The van der Waals surface area contributed by atoms with Gasteiger partial charge in [-0.25, -0.2) is 0 Å². The third kappa shape index (κ3) is 2.12. The van der Waals surface area contributed by atoms with Crippen molar-refractivity contribution in [2.45, 2.75) is 13.8 Å². The van der Waals surface area contributed by atoms with Gasteiger partial charge in [0.15, 0.2) is 4.71 Å². The predicted octanol–water partition coefficient (Wildman–Crippen LogP) is 3.40. The van der Waals surface area contributed by atoms with Gasteiger partial charge in [-0.1, -0.05) is 0 Å². The van der Waals surface area contributed by atoms with Crippen LogP contribution >= 0.6 is 12.2 Å². The standard InChI is InChI=1S/C12H10O3S/c1-7-5-12(16)15-11-6-9(14-8(2)13)3-4-10(7)11/h3-6H,1-2H3. The summed E-state index contributed by atoms with van der Waals surface area (Å²) in [6.45, 7) is 3.31. The molecule has 0 radical (unpaired) electrons. The molecule has 0 bridgehead atoms. The van der Waals surface area contributed by atoms with E-state index in [1.54, 1.807) is 18.2 Å². The summed E-state index contributed by atoms with van der Waals surface area (Å²) in [7, 11) is 0. The summed E-state index contributed by atoms with van der Waals surface area (Å²) in [5.74, 6) is 0.106. The van der Waals surface area contributed by atoms with Crippen LogP contribution in [0.25, 0.3) is 11.0 Å². The second-order valence-corrected chi connectivity index (χ2v) is 3.90. The molecule has 3 nitrogen and oxygen atoms in total. The summed E-state index contributed by atoms with van der Waals surface area (Å²) >= 11 is 4.98. The van der Waals surface area contributed by atoms with Crippen molar-refractivity contribution in [1.29, 1.82) is 0 Å². The average Bonchev–Trinajstić information content (AvgIpc) is 2.15. The molecule has 0 saturated heterocycles. The molecule has 0 amide bonds. The summed E-state index contributed by atoms with van der Waals surface area (Å²) < 4.78 is 10.8. The highest BCUT2D eigenvalue weighted by atomic mass is 32.1. The second-order valence-electron chi connectivity index (χ2n) is 3.50. The highest BCUT2D eigenvalue weighted by Gasteiger charge is 2.04. The lowest BCUT2D eigenvalue weighted by Crippen LogP contribution is -2.00. The number of aryl methyl sites for hydroxylation is 1. The van der Waals surface area contributed by atoms with Crippen LogP contribution in [0.1, 0.15) is 12.5 Å². The number of fused-ring (bicyclic) bond motifs is 1. The van der Waals surface area contributed by atoms with Crippen LogP contribution in [0.15, 0.2) is 28.7 Å². The topological polar surface area (TPSA) is 39.4 Å². The van der Waals surface area contributed by atoms with Crippen LogP contribution in [0, 0.1) is 11.6 Å². The van der Waals surface area contributed by atoms with E-state index in [1.807, 2.05) is 13.0 Å². The molecule has 0 atom stereocenters. The minimum atomic E-state index is -0.356. The number of hydrogen-bond donors (Lipinski definition) is 0. The molecule has 0 N–H and O–H groups in total. The van der Waals surface area contributed by atoms with E-state index in [4.69, 9.17) is 21.4 Å². The molecule has 0 fully saturated rings. The largest absolute Gasteiger partial charge is 0.445 e. The van der Waals surface area contributed by atoms with Crippen molar-refractivity contribution in [3.8, 4) is 5.75 Å². The maximum absolute atomic E-state index is 10.8. The van der Waals surface area contributed by atoms with E-state index in [0.717, 1.165) is 10.9 Å². The summed E-state index contributed by atoms with van der Waals surface area (Å²) in [6, 6.07) is 7.04. The van der Waals surface area contributed by atoms with Gasteiger partial charge in [-0.3, -0.25) is 4.79 Å². The van der Waals surface area contributed by atoms with Crippen molar-refractivity contribution >= 4 is 29.2 Å². The van der Waals surface area contributed by atoms with Crippen molar-refractivity contribution < 1.29 is 13.9 Å². The van der Waals surface area contributed by atoms with Crippen molar-refractivity contribution in [2.24, 2.45) is 0 Å². The van der Waals surface area contributed by atoms with E-state index < -0.39 is 0 Å². The first kappa shape index (κ1) is 10.8. The van der Waals surface area contributed by atoms with Crippen LogP contribution in [-0.2, 0) is 4.79 Å². The highest BCUT2D eigenvalue weighted by Crippen LogP contribution is 2.24. The Morgan fingerprint density at radius 2 is 2.12 bits per heavy atom. The maximum Gasteiger partial charge on any atom is 0.308 e. The Bertz CT molecular complexity index is 613. The highest BCUT2D eigenvalue weighted by molar-refractivity contribution is 7.71. The Morgan fingerprint density at radius 3 is 2.81 bits per heavy atom. The Hall–Kier alpha value is -1.68. The average molecular weight is 234 g/mol. The zero-order valence-corrected chi connectivity index (χ0v) is 9.76. The Labute approximate surface area is 97.6 Å². The molecule has 0 unspecified atom stereocenters. The number of esters is 1. The minimum absolute atomic E-state index is 0.356. The van der Waals surface area contributed by atoms with Gasteiger partial charge < -0.3 is 9.15 Å². The smallest absolute Gasteiger partial charge is 0.308 e. The van der Waals surface area contributed by atoms with Gasteiger partial charge in [-0.2, -0.15) is 0 Å². The fraction of sp³-hybridized carbons (Fsp3) is 0.167. The van der Waals surface area contributed by atoms with E-state index in [-0.39, 0.29) is 5.97 Å². The van der Waals surface area contributed by atoms with Gasteiger partial charge in [0, 0.05) is 18.4 Å². The van der Waals surface area contributed by atoms with E-state index in [2.05, 4.69) is 0 Å². The molecule has 0 aliphatic carbocycles. The van der Waals surface area contributed by atoms with Crippen LogP contribution in [0.2, 0.25) is 0 Å². The first-order chi connectivity index (χ1) is 7.56. The number of carbonyl (C=O) groups excluding carboxylic acids is 1. The molecule has 0 spiro atoms. The van der Waals surface area contributed by atoms with Crippen molar-refractivity contribution in [3.05, 3.63) is 34.5 Å². The first-order valence-electron chi connectivity index (χ1n) is 4.79. The molecule has 82 valence electrons. The lowest BCUT2D eigenvalue weighted by molar-refractivity contribution is -0.131. The molecule has 2 aromatic rings. The zero-order chi connectivity index (χ0) is 11.7. The quantitative estimate of drug-likeness (QED) is 0.430. The molecular formula is C12H10O3S. The predicted molar refractivity (Wildman–Crippen MR) is 63.1 cm³/mol. The molecular weight excluding hydrogens is 224 g/mol. The van der Waals surface area contributed by atoms with Gasteiger partial charge >= 0.3 is 5.97 Å². The monoisotopic (exact) mass is 234 g/mol. The van der Waals surface area contributed by atoms with E-state index in [0.29, 0.717) is 16.0 Å². The Balaban J connectivity index is 2.61. The maximum atomic E-state index is 10.8. The first-order valence-corrected chi connectivity index (χ1v) is 5.20. The van der Waals surface area contributed by atoms with Crippen molar-refractivity contribution in [2.75, 3.05) is 0 Å². The van der Waals surface area contributed by atoms with Crippen LogP contribution in [0.4, 0.5) is 0 Å². The summed E-state index contributed by atoms with van der Waals surface area (Å²) in [6.07, 6.45) is 0. The molecule has 2 rings (SSSR count). The van der Waals surface area contributed by atoms with Crippen molar-refractivity contribution in [3.63, 3.8) is 0 Å². The number of benzene rings is 1. The van der Waals surface area contributed by atoms with Gasteiger partial charge in [0.05, 0.1) is 0 Å². The third-order valence-corrected chi connectivity index (χ3v) is 2.39. The molecule has 16 heavy (non-hydrogen) atoms. The Morgan fingerprint density at radius 1 is 1.38 bits per heavy atom. The van der Waals surface area contributed by atoms with Crippen LogP contribution in [0.3, 0.4) is 0 Å². The van der Waals surface area contributed by atoms with Crippen LogP contribution < -0.4 is 4.74 Å². The Kier molecular flexibility index (Phi) is 2.75. The number of hydrogen-bond acceptors (Lipinski definition) is 4. The van der Waals surface area contributed by atoms with Gasteiger partial charge in [0.25, 0.3) is 0 Å². The van der Waals surface area contributed by atoms with E-state index in [9.17, 15) is 4.79 Å². The lowest BCUT2D eigenvalue weighted by atomic mass is 10.1. The van der Waals surface area contributed by atoms with Gasteiger partial charge in [0.2, 0.25) is 0 Å². The molecule has 0 aliphatic heterocycles. The SMILES string of the molecule is CC(=O)Oc1ccc2c(C)cc(=S)oc2c1. The van der Waals surface area contributed by atoms with E-state index >= 15 is 0 Å². The second kappa shape index (κ2) is 4.06. The lowest BCUT2D eigenvalue weighted by Gasteiger charge is -2.04. The normalized spacial score (nSPS) is 10.4.